The van der Waals surface area contributed by atoms with Gasteiger partial charge in [0.1, 0.15) is 57.0 Å². The number of Topliss-reactive ketones (excluding diaryl/α,β-unsaturated/α-hetero) is 6. The third-order valence-corrected chi connectivity index (χ3v) is 23.0. The van der Waals surface area contributed by atoms with Crippen molar-refractivity contribution >= 4 is 67.4 Å². The monoisotopic (exact) mass is 1740 g/mol. The van der Waals surface area contributed by atoms with Crippen LogP contribution in [0.3, 0.4) is 0 Å². The molecule has 9 heterocycles. The number of benzene rings is 9. The number of halogens is 3. The molecule has 660 valence electrons. The predicted octanol–water partition coefficient (Wildman–Crippen LogP) is 16.2. The van der Waals surface area contributed by atoms with Crippen LogP contribution in [0.1, 0.15) is 167 Å². The number of hydrogen-bond acceptors (Lipinski definition) is 21. The lowest BCUT2D eigenvalue weighted by Crippen LogP contribution is -2.51. The number of ether oxygens (including phenoxy) is 6. The number of piperazine rings is 3. The van der Waals surface area contributed by atoms with Crippen molar-refractivity contribution in [3.05, 3.63) is 301 Å². The van der Waals surface area contributed by atoms with Gasteiger partial charge in [-0.2, -0.15) is 0 Å². The molecule has 0 spiro atoms. The summed E-state index contributed by atoms with van der Waals surface area (Å²) >= 11 is 0. The molecular formula is C104H106F3N9O12. The second kappa shape index (κ2) is 41.6. The maximum Gasteiger partial charge on any atom is 0.167 e. The van der Waals surface area contributed by atoms with Gasteiger partial charge in [0.05, 0.1) is 39.1 Å². The molecule has 21 nitrogen and oxygen atoms in total. The van der Waals surface area contributed by atoms with Gasteiger partial charge in [-0.05, 0) is 212 Å². The van der Waals surface area contributed by atoms with Crippen molar-refractivity contribution in [3.63, 3.8) is 0 Å². The van der Waals surface area contributed by atoms with E-state index < -0.39 is 68.9 Å². The minimum atomic E-state index is -2.76. The molecule has 6 aliphatic rings. The fraction of sp³-hybridized carbons (Fsp3) is 0.337. The van der Waals surface area contributed by atoms with Crippen molar-refractivity contribution in [3.8, 4) is 34.5 Å². The van der Waals surface area contributed by atoms with E-state index in [9.17, 15) is 41.9 Å². The van der Waals surface area contributed by atoms with Crippen LogP contribution in [0.5, 0.6) is 34.5 Å². The molecule has 3 aromatic heterocycles. The van der Waals surface area contributed by atoms with Crippen molar-refractivity contribution in [1.82, 2.24) is 44.4 Å². The highest BCUT2D eigenvalue weighted by Gasteiger charge is 2.27. The second-order valence-corrected chi connectivity index (χ2v) is 31.9. The highest BCUT2D eigenvalue weighted by Crippen LogP contribution is 2.36. The Morgan fingerprint density at radius 1 is 0.359 bits per heavy atom. The number of rotatable bonds is 28. The number of pyridine rings is 3. The molecule has 0 N–H and O–H groups in total. The average molecular weight is 1750 g/mol. The van der Waals surface area contributed by atoms with Gasteiger partial charge in [0.15, 0.2) is 69.2 Å². The number of ketones is 6. The highest BCUT2D eigenvalue weighted by atomic mass is 19.1. The molecular weight excluding hydrogens is 1620 g/mol. The minimum absolute atomic E-state index is 0.00452. The van der Waals surface area contributed by atoms with Crippen molar-refractivity contribution in [2.45, 2.75) is 98.2 Å². The van der Waals surface area contributed by atoms with E-state index in [1.807, 2.05) is 30.3 Å². The molecule has 0 radical (unpaired) electrons. The molecule has 0 aliphatic carbocycles. The first-order valence-corrected chi connectivity index (χ1v) is 42.7. The summed E-state index contributed by atoms with van der Waals surface area (Å²) in [5, 5.41) is 2.17. The molecule has 3 saturated heterocycles. The van der Waals surface area contributed by atoms with Crippen LogP contribution in [0.2, 0.25) is 0 Å². The van der Waals surface area contributed by atoms with Crippen molar-refractivity contribution in [2.24, 2.45) is 0 Å². The van der Waals surface area contributed by atoms with E-state index in [-0.39, 0.29) is 126 Å². The van der Waals surface area contributed by atoms with E-state index in [2.05, 4.69) is 26.6 Å². The Morgan fingerprint density at radius 2 is 0.688 bits per heavy atom. The fourth-order valence-electron chi connectivity index (χ4n) is 15.9. The van der Waals surface area contributed by atoms with E-state index in [1.165, 1.54) is 81.4 Å². The number of aromatic nitrogens is 3. The van der Waals surface area contributed by atoms with E-state index >= 15 is 0 Å². The topological polar surface area (TPSA) is 216 Å². The van der Waals surface area contributed by atoms with E-state index in [0.29, 0.717) is 138 Å². The fourth-order valence-corrected chi connectivity index (χ4v) is 15.9. The molecule has 128 heavy (non-hydrogen) atoms. The van der Waals surface area contributed by atoms with E-state index in [4.69, 9.17) is 59.0 Å². The normalized spacial score (nSPS) is 20.6. The summed E-state index contributed by atoms with van der Waals surface area (Å²) in [5.41, 5.74) is 8.51. The van der Waals surface area contributed by atoms with Gasteiger partial charge in [-0.1, -0.05) is 75.4 Å². The molecule has 24 heteroatoms. The Morgan fingerprint density at radius 3 is 1.08 bits per heavy atom. The number of hydrogen-bond donors (Lipinski definition) is 0. The summed E-state index contributed by atoms with van der Waals surface area (Å²) < 4.78 is 200. The third-order valence-electron chi connectivity index (χ3n) is 23.0. The summed E-state index contributed by atoms with van der Waals surface area (Å²) in [6.45, 7) is 0.388. The van der Waals surface area contributed by atoms with Gasteiger partial charge in [-0.15, -0.1) is 0 Å². The zero-order valence-electron chi connectivity index (χ0n) is 86.4. The highest BCUT2D eigenvalue weighted by molar-refractivity contribution is 6.04. The first-order valence-electron chi connectivity index (χ1n) is 50.2. The largest absolute Gasteiger partial charge is 0.486 e. The van der Waals surface area contributed by atoms with E-state index in [0.717, 1.165) is 82.3 Å². The molecule has 1 atom stereocenters. The van der Waals surface area contributed by atoms with Crippen LogP contribution in [0.4, 0.5) is 13.2 Å². The first kappa shape index (κ1) is 71.6. The SMILES string of the molecule is [2H]C([2H])(C)C([2H])([2H])N1CCN(Cc2ccc3cc(C(=O)Cc4cc(CC(=O)c5ccc6c(c5)OCCO6)ccc4F)ccc3n2)CC1.[2H]C1([2H])N(CC)C([2H])([2H])C([2H])(C)N(Cc2ccc3cc(C(=O)Cc4cc(CC(=O)c5ccc6c(c5)OCCO6)ccc4F)ccc3n2)C1([2H])[2H].[2H]C1([2H])Oc2ccc(C(=O)Cc3ccc(F)c(CC(=O)c4ccc5nc(CN6CCN(CC)CC6)ccc5c4)c3)cc2OC1([2H])[2H]. The van der Waals surface area contributed by atoms with Crippen LogP contribution < -0.4 is 28.4 Å². The van der Waals surface area contributed by atoms with Crippen molar-refractivity contribution < 1.29 is 90.9 Å². The van der Waals surface area contributed by atoms with Gasteiger partial charge in [0.25, 0.3) is 0 Å². The van der Waals surface area contributed by atoms with Gasteiger partial charge in [0, 0.05) is 201 Å². The summed E-state index contributed by atoms with van der Waals surface area (Å²) in [4.78, 5) is 103. The number of carbonyl (C=O) groups excluding carboxylic acids is 6. The Hall–Kier alpha value is -12.4. The minimum Gasteiger partial charge on any atom is -0.486 e. The summed E-state index contributed by atoms with van der Waals surface area (Å²) in [7, 11) is 0. The Kier molecular flexibility index (Phi) is 23.2. The average Bonchev–Trinajstić information content (AvgIpc) is 0.692. The number of nitrogens with zero attached hydrogens (tertiary/aromatic N) is 9. The van der Waals surface area contributed by atoms with Crippen LogP contribution >= 0.6 is 0 Å². The molecule has 9 aromatic carbocycles. The smallest absolute Gasteiger partial charge is 0.167 e. The molecule has 0 amide bonds. The third kappa shape index (κ3) is 22.6. The number of carbonyl (C=O) groups is 6. The van der Waals surface area contributed by atoms with Crippen LogP contribution in [0.15, 0.2) is 200 Å². The molecule has 0 bridgehead atoms. The van der Waals surface area contributed by atoms with Gasteiger partial charge < -0.3 is 43.1 Å². The summed E-state index contributed by atoms with van der Waals surface area (Å²) in [5.74, 6) is -1.14. The summed E-state index contributed by atoms with van der Waals surface area (Å²) in [6.07, 6.45) is -2.62. The Labute approximate surface area is 764 Å². The molecule has 1 unspecified atom stereocenters. The lowest BCUT2D eigenvalue weighted by Gasteiger charge is -2.39. The second-order valence-electron chi connectivity index (χ2n) is 31.9. The van der Waals surface area contributed by atoms with Gasteiger partial charge in [-0.25, -0.2) is 13.2 Å². The van der Waals surface area contributed by atoms with Gasteiger partial charge in [-0.3, -0.25) is 58.4 Å². The van der Waals surface area contributed by atoms with Crippen molar-refractivity contribution in [1.29, 1.82) is 0 Å². The van der Waals surface area contributed by atoms with Crippen molar-refractivity contribution in [2.75, 3.05) is 131 Å². The van der Waals surface area contributed by atoms with Crippen LogP contribution in [0.25, 0.3) is 32.7 Å². The van der Waals surface area contributed by atoms with Crippen LogP contribution in [-0.4, -0.2) is 216 Å². The lowest BCUT2D eigenvalue weighted by atomic mass is 9.97. The van der Waals surface area contributed by atoms with E-state index in [1.54, 1.807) is 114 Å². The Balaban J connectivity index is 0.000000154. The zero-order valence-corrected chi connectivity index (χ0v) is 71.4. The quantitative estimate of drug-likeness (QED) is 0.0417. The molecule has 18 rings (SSSR count). The maximum atomic E-state index is 14.9. The molecule has 3 fully saturated rings. The molecule has 12 aromatic rings. The number of likely N-dealkylation sites (N-methyl/N-ethyl adjacent to an activating group) is 2. The summed E-state index contributed by atoms with van der Waals surface area (Å²) in [6, 6.07) is 51.0. The van der Waals surface area contributed by atoms with Crippen LogP contribution in [0, 0.1) is 17.5 Å². The predicted molar refractivity (Wildman–Crippen MR) is 486 cm³/mol. The van der Waals surface area contributed by atoms with Crippen LogP contribution in [-0.2, 0) is 58.2 Å². The van der Waals surface area contributed by atoms with Gasteiger partial charge in [0.2, 0.25) is 0 Å². The molecule has 0 saturated carbocycles. The zero-order chi connectivity index (χ0) is 102. The Bertz CT molecular complexity index is 6880. The first-order chi connectivity index (χ1) is 67.7. The molecule has 6 aliphatic heterocycles. The maximum absolute atomic E-state index is 14.9. The van der Waals surface area contributed by atoms with Gasteiger partial charge >= 0.3 is 0 Å². The standard InChI is InChI=1S/2C35H36FN3O4.C34H34FN3O4/c1-3-38-12-13-39(23(2)21-38)22-29-8-5-25-18-26(6-10-31(25)37-29)33(41)19-28-16-24(4-9-30(28)36)17-32(40)27-7-11-34-35(20-27)43-15-14-42-34;1-2-11-38-12-14-39(15-13-38)23-29-7-4-25-20-26(5-9-31(25)37-29)33(41)21-28-18-24(3-8-30(28)36)19-32(40)27-6-10-34-35(22-27)43-17-16-42-34;1-2-37-11-13-38(14-12-37)22-28-7-4-24-19-25(5-9-30(24)36-28)32(40)20-27-17-23(3-8-29(27)35)18-31(39)26-6-10-33-34(21-26)42-16-15-41-33/h4-11,16,18,20,23H,3,12-15,17,19,21-22H2,1-2H3;3-10,18,20,22H,2,11-17,19,21,23H2,1H3;3-10,17,19,21H,2,11-16,18,20,22H2,1H3/i12D2,13D2,21D2,23D;2D2,11D2;15D2,16D2. The number of fused-ring (bicyclic) bond motifs is 6. The lowest BCUT2D eigenvalue weighted by molar-refractivity contribution is 0.0803.